The second-order valence-electron chi connectivity index (χ2n) is 0.707. The summed E-state index contributed by atoms with van der Waals surface area (Å²) in [6.07, 6.45) is 0. The molecule has 0 aromatic rings. The Bertz CT molecular complexity index is 8.00. The molecule has 0 heterocycles. The van der Waals surface area contributed by atoms with Crippen molar-refractivity contribution in [1.82, 2.24) is 0 Å². The van der Waals surface area contributed by atoms with Crippen LogP contribution in [0.2, 0.25) is 5.94 Å². The van der Waals surface area contributed by atoms with Crippen LogP contribution < -0.4 is 0 Å². The van der Waals surface area contributed by atoms with Crippen molar-refractivity contribution in [2.45, 2.75) is 5.94 Å². The van der Waals surface area contributed by atoms with E-state index in [1.165, 1.54) is 16.2 Å². The van der Waals surface area contributed by atoms with Crippen molar-refractivity contribution in [3.63, 3.8) is 0 Å². The summed E-state index contributed by atoms with van der Waals surface area (Å²) >= 11 is 0. The summed E-state index contributed by atoms with van der Waals surface area (Å²) in [6, 6.07) is 0. The summed E-state index contributed by atoms with van der Waals surface area (Å²) in [4.78, 5) is 0. The molecule has 0 spiro atoms. The molecule has 0 aliphatic heterocycles. The SMILES string of the molecule is BC[SiH3].[Fe]. The fraction of sp³-hybridized carbons (Fsp3) is 1.00. The molecule has 0 aliphatic carbocycles. The summed E-state index contributed by atoms with van der Waals surface area (Å²) in [6.45, 7) is 0. The Hall–Kier alpha value is 0.801. The summed E-state index contributed by atoms with van der Waals surface area (Å²) in [5, 5.41) is 0. The van der Waals surface area contributed by atoms with Crippen LogP contribution in [0.4, 0.5) is 0 Å². The van der Waals surface area contributed by atoms with Gasteiger partial charge in [-0.15, -0.1) is 0 Å². The molecule has 0 aliphatic rings. The van der Waals surface area contributed by atoms with Gasteiger partial charge >= 0.3 is 0 Å². The molecule has 4 heavy (non-hydrogen) atoms. The van der Waals surface area contributed by atoms with Crippen LogP contribution in [0.5, 0.6) is 0 Å². The maximum absolute atomic E-state index is 2.19. The molecule has 0 rings (SSSR count). The molecular weight excluding hydrogens is 107 g/mol. The van der Waals surface area contributed by atoms with E-state index in [-0.39, 0.29) is 17.1 Å². The van der Waals surface area contributed by atoms with Crippen LogP contribution in [0.15, 0.2) is 0 Å². The van der Waals surface area contributed by atoms with Gasteiger partial charge in [-0.1, -0.05) is 5.94 Å². The van der Waals surface area contributed by atoms with Crippen molar-refractivity contribution in [3.05, 3.63) is 0 Å². The van der Waals surface area contributed by atoms with Gasteiger partial charge < -0.3 is 0 Å². The Labute approximate surface area is 41.7 Å². The minimum atomic E-state index is 0. The molecule has 3 heteroatoms. The molecule has 0 aromatic heterocycles. The second-order valence-corrected chi connectivity index (χ2v) is 2.12. The standard InChI is InChI=1S/CH7BSi.Fe/c2-1-3;/h1-2H2,3H3;. The van der Waals surface area contributed by atoms with Crippen LogP contribution in [0.1, 0.15) is 0 Å². The number of hydrogen-bond donors (Lipinski definition) is 0. The van der Waals surface area contributed by atoms with Crippen molar-refractivity contribution >= 4 is 18.1 Å². The van der Waals surface area contributed by atoms with E-state index in [1.54, 1.807) is 0 Å². The van der Waals surface area contributed by atoms with E-state index in [1.807, 2.05) is 0 Å². The molecule has 0 radical (unpaired) electrons. The molecule has 0 atom stereocenters. The largest absolute Gasteiger partial charge is 0.0970 e. The zero-order valence-corrected chi connectivity index (χ0v) is 6.16. The summed E-state index contributed by atoms with van der Waals surface area (Å²) < 4.78 is 0. The molecule has 0 amide bonds. The van der Waals surface area contributed by atoms with E-state index in [4.69, 9.17) is 0 Å². The Kier molecular flexibility index (Phi) is 20.3. The van der Waals surface area contributed by atoms with Gasteiger partial charge in [0.15, 0.2) is 0 Å². The Morgan fingerprint density at radius 2 is 1.75 bits per heavy atom. The van der Waals surface area contributed by atoms with Crippen LogP contribution in [-0.4, -0.2) is 18.1 Å². The van der Waals surface area contributed by atoms with E-state index in [2.05, 4.69) is 7.85 Å². The Morgan fingerprint density at radius 1 is 1.75 bits per heavy atom. The van der Waals surface area contributed by atoms with Gasteiger partial charge in [0.1, 0.15) is 0 Å². The third kappa shape index (κ3) is 14.2. The van der Waals surface area contributed by atoms with Crippen molar-refractivity contribution in [1.29, 1.82) is 0 Å². The molecule has 0 nitrogen and oxygen atoms in total. The van der Waals surface area contributed by atoms with Crippen molar-refractivity contribution in [2.24, 2.45) is 0 Å². The molecule has 0 saturated heterocycles. The molecule has 0 unspecified atom stereocenters. The first-order valence-electron chi connectivity index (χ1n) is 1.41. The fourth-order valence-electron chi connectivity index (χ4n) is 0. The average Bonchev–Trinajstić information content (AvgIpc) is 0.918. The topological polar surface area (TPSA) is 0 Å². The smallest absolute Gasteiger partial charge is 0.0928 e. The van der Waals surface area contributed by atoms with Gasteiger partial charge in [-0.2, -0.15) is 0 Å². The third-order valence-electron chi connectivity index (χ3n) is 0. The summed E-state index contributed by atoms with van der Waals surface area (Å²) in [5.74, 6) is 1.39. The average molecular weight is 114 g/mol. The maximum atomic E-state index is 2.19. The third-order valence-corrected chi connectivity index (χ3v) is 0. The van der Waals surface area contributed by atoms with Gasteiger partial charge in [0.2, 0.25) is 0 Å². The van der Waals surface area contributed by atoms with Crippen LogP contribution in [0.25, 0.3) is 0 Å². The van der Waals surface area contributed by atoms with E-state index in [0.717, 1.165) is 0 Å². The van der Waals surface area contributed by atoms with E-state index in [9.17, 15) is 0 Å². The zero-order valence-electron chi connectivity index (χ0n) is 3.06. The number of rotatable bonds is 0. The monoisotopic (exact) mass is 114 g/mol. The second kappa shape index (κ2) is 9.19. The summed E-state index contributed by atoms with van der Waals surface area (Å²) in [5.41, 5.74) is 0. The van der Waals surface area contributed by atoms with E-state index < -0.39 is 0 Å². The van der Waals surface area contributed by atoms with Gasteiger partial charge in [-0.05, 0) is 10.2 Å². The quantitative estimate of drug-likeness (QED) is 0.331. The van der Waals surface area contributed by atoms with Gasteiger partial charge in [-0.3, -0.25) is 0 Å². The van der Waals surface area contributed by atoms with Crippen LogP contribution in [0.3, 0.4) is 0 Å². The molecular formula is CH7BFeSi. The van der Waals surface area contributed by atoms with E-state index in [0.29, 0.717) is 0 Å². The minimum absolute atomic E-state index is 0. The normalized spacial score (nSPS) is 5.00. The van der Waals surface area contributed by atoms with Gasteiger partial charge in [0.25, 0.3) is 0 Å². The number of hydrogen-bond acceptors (Lipinski definition) is 0. The zero-order chi connectivity index (χ0) is 2.71. The first-order valence-corrected chi connectivity index (χ1v) is 2.83. The minimum Gasteiger partial charge on any atom is -0.0928 e. The molecule has 0 bridgehead atoms. The summed E-state index contributed by atoms with van der Waals surface area (Å²) in [7, 11) is 3.56. The predicted octanol–water partition coefficient (Wildman–Crippen LogP) is -1.64. The molecule has 26 valence electrons. The fourth-order valence-corrected chi connectivity index (χ4v) is 0. The van der Waals surface area contributed by atoms with Gasteiger partial charge in [0, 0.05) is 17.1 Å². The Morgan fingerprint density at radius 3 is 1.75 bits per heavy atom. The first-order chi connectivity index (χ1) is 1.41. The van der Waals surface area contributed by atoms with Gasteiger partial charge in [0.05, 0.1) is 7.85 Å². The van der Waals surface area contributed by atoms with Crippen LogP contribution in [0, 0.1) is 0 Å². The van der Waals surface area contributed by atoms with Crippen LogP contribution in [-0.2, 0) is 17.1 Å². The van der Waals surface area contributed by atoms with Gasteiger partial charge in [-0.25, -0.2) is 0 Å². The van der Waals surface area contributed by atoms with Crippen molar-refractivity contribution in [3.8, 4) is 0 Å². The van der Waals surface area contributed by atoms with E-state index >= 15 is 0 Å². The molecule has 0 fully saturated rings. The van der Waals surface area contributed by atoms with Crippen molar-refractivity contribution in [2.75, 3.05) is 0 Å². The molecule has 0 aromatic carbocycles. The van der Waals surface area contributed by atoms with Crippen molar-refractivity contribution < 1.29 is 17.1 Å². The maximum Gasteiger partial charge on any atom is 0.0970 e. The molecule has 0 saturated carbocycles. The molecule has 0 N–H and O–H groups in total. The predicted molar refractivity (Wildman–Crippen MR) is 23.3 cm³/mol. The first kappa shape index (κ1) is 8.84. The van der Waals surface area contributed by atoms with Crippen LogP contribution >= 0.6 is 0 Å². The Balaban J connectivity index is 0.